The molecule has 8 heavy (non-hydrogen) atoms. The van der Waals surface area contributed by atoms with Gasteiger partial charge in [0, 0.05) is 0 Å². The molecule has 0 unspecified atom stereocenters. The van der Waals surface area contributed by atoms with E-state index in [0.29, 0.717) is 0 Å². The maximum Gasteiger partial charge on any atom is 0.271 e. The molecule has 0 fully saturated rings. The molecule has 0 aromatic heterocycles. The van der Waals surface area contributed by atoms with Crippen molar-refractivity contribution in [3.63, 3.8) is 0 Å². The quantitative estimate of drug-likeness (QED) is 0.549. The van der Waals surface area contributed by atoms with Gasteiger partial charge in [0.2, 0.25) is 0 Å². The van der Waals surface area contributed by atoms with Gasteiger partial charge in [0.15, 0.2) is 4.33 Å². The molecule has 0 nitrogen and oxygen atoms in total. The third-order valence-electron chi connectivity index (χ3n) is 0.791. The Bertz CT molecular complexity index is 72.4. The van der Waals surface area contributed by atoms with E-state index in [1.165, 1.54) is 6.92 Å². The lowest BCUT2D eigenvalue weighted by atomic mass is 10.3. The van der Waals surface area contributed by atoms with E-state index in [2.05, 4.69) is 0 Å². The molecular formula is C4H6Cl2F2. The van der Waals surface area contributed by atoms with Crippen LogP contribution in [-0.2, 0) is 0 Å². The van der Waals surface area contributed by atoms with Crippen molar-refractivity contribution >= 4 is 23.2 Å². The van der Waals surface area contributed by atoms with Crippen LogP contribution in [0.4, 0.5) is 8.78 Å². The fourth-order valence-corrected chi connectivity index (χ4v) is 0.154. The van der Waals surface area contributed by atoms with Gasteiger partial charge in [-0.2, -0.15) is 0 Å². The summed E-state index contributed by atoms with van der Waals surface area (Å²) in [6, 6.07) is 0. The normalized spacial score (nSPS) is 12.8. The van der Waals surface area contributed by atoms with E-state index in [-0.39, 0.29) is 6.42 Å². The van der Waals surface area contributed by atoms with Gasteiger partial charge in [-0.15, -0.1) is 0 Å². The molecule has 0 rings (SSSR count). The second-order valence-corrected chi connectivity index (χ2v) is 2.96. The summed E-state index contributed by atoms with van der Waals surface area (Å²) in [5.41, 5.74) is 0. The minimum absolute atomic E-state index is 0.0633. The summed E-state index contributed by atoms with van der Waals surface area (Å²) in [5, 5.41) is 0. The highest BCUT2D eigenvalue weighted by Crippen LogP contribution is 2.31. The molecule has 0 aliphatic heterocycles. The second kappa shape index (κ2) is 2.83. The van der Waals surface area contributed by atoms with Gasteiger partial charge in [0.25, 0.3) is 6.43 Å². The molecule has 4 heteroatoms. The summed E-state index contributed by atoms with van der Waals surface area (Å²) in [7, 11) is 0. The van der Waals surface area contributed by atoms with Crippen LogP contribution in [0.3, 0.4) is 0 Å². The van der Waals surface area contributed by atoms with Crippen molar-refractivity contribution < 1.29 is 8.78 Å². The van der Waals surface area contributed by atoms with Gasteiger partial charge >= 0.3 is 0 Å². The second-order valence-electron chi connectivity index (χ2n) is 1.42. The van der Waals surface area contributed by atoms with Crippen molar-refractivity contribution in [3.8, 4) is 0 Å². The molecule has 0 aliphatic rings. The van der Waals surface area contributed by atoms with Gasteiger partial charge in [0.1, 0.15) is 0 Å². The molecule has 0 aromatic carbocycles. The van der Waals surface area contributed by atoms with Crippen molar-refractivity contribution in [3.05, 3.63) is 0 Å². The number of hydrogen-bond acceptors (Lipinski definition) is 0. The summed E-state index contributed by atoms with van der Waals surface area (Å²) in [6.45, 7) is 1.51. The molecule has 0 radical (unpaired) electrons. The van der Waals surface area contributed by atoms with E-state index >= 15 is 0 Å². The minimum atomic E-state index is -2.66. The van der Waals surface area contributed by atoms with Crippen LogP contribution in [0.5, 0.6) is 0 Å². The van der Waals surface area contributed by atoms with Crippen LogP contribution >= 0.6 is 23.2 Å². The fraction of sp³-hybridized carbons (Fsp3) is 1.00. The van der Waals surface area contributed by atoms with E-state index in [1.54, 1.807) is 0 Å². The number of alkyl halides is 4. The molecule has 50 valence electrons. The first-order valence-electron chi connectivity index (χ1n) is 2.16. The topological polar surface area (TPSA) is 0 Å². The van der Waals surface area contributed by atoms with Gasteiger partial charge in [0.05, 0.1) is 0 Å². The fourth-order valence-electron chi connectivity index (χ4n) is 0.154. The summed E-state index contributed by atoms with van der Waals surface area (Å²) < 4.78 is 21.3. The maximum absolute atomic E-state index is 11.5. The van der Waals surface area contributed by atoms with Crippen molar-refractivity contribution in [2.24, 2.45) is 0 Å². The van der Waals surface area contributed by atoms with Crippen LogP contribution in [0.1, 0.15) is 13.3 Å². The van der Waals surface area contributed by atoms with Crippen molar-refractivity contribution in [2.75, 3.05) is 0 Å². The van der Waals surface area contributed by atoms with Crippen LogP contribution in [0.15, 0.2) is 0 Å². The highest BCUT2D eigenvalue weighted by Gasteiger charge is 2.32. The van der Waals surface area contributed by atoms with Crippen LogP contribution in [0.25, 0.3) is 0 Å². The van der Waals surface area contributed by atoms with E-state index < -0.39 is 10.8 Å². The van der Waals surface area contributed by atoms with Crippen LogP contribution in [0, 0.1) is 0 Å². The van der Waals surface area contributed by atoms with Crippen molar-refractivity contribution in [1.82, 2.24) is 0 Å². The first kappa shape index (κ1) is 8.44. The summed E-state index contributed by atoms with van der Waals surface area (Å²) in [5.74, 6) is 0. The third-order valence-corrected chi connectivity index (χ3v) is 1.66. The SMILES string of the molecule is CCC(Cl)(Cl)C(F)F. The van der Waals surface area contributed by atoms with Gasteiger partial charge in [-0.3, -0.25) is 0 Å². The van der Waals surface area contributed by atoms with Crippen LogP contribution < -0.4 is 0 Å². The Kier molecular flexibility index (Phi) is 2.99. The standard InChI is InChI=1S/C4H6Cl2F2/c1-2-4(5,6)3(7)8/h3H,2H2,1H3. The molecule has 0 amide bonds. The van der Waals surface area contributed by atoms with Crippen molar-refractivity contribution in [2.45, 2.75) is 24.1 Å². The van der Waals surface area contributed by atoms with Crippen molar-refractivity contribution in [1.29, 1.82) is 0 Å². The van der Waals surface area contributed by atoms with Gasteiger partial charge in [-0.25, -0.2) is 8.78 Å². The molecule has 0 saturated carbocycles. The third kappa shape index (κ3) is 2.14. The minimum Gasteiger partial charge on any atom is -0.207 e. The molecule has 0 heterocycles. The van der Waals surface area contributed by atoms with E-state index in [9.17, 15) is 8.78 Å². The van der Waals surface area contributed by atoms with E-state index in [1.807, 2.05) is 0 Å². The maximum atomic E-state index is 11.5. The molecule has 0 saturated heterocycles. The average molecular weight is 163 g/mol. The highest BCUT2D eigenvalue weighted by molar-refractivity contribution is 6.48. The van der Waals surface area contributed by atoms with Gasteiger partial charge in [-0.05, 0) is 6.42 Å². The molecule has 0 N–H and O–H groups in total. The lowest BCUT2D eigenvalue weighted by Crippen LogP contribution is -2.21. The lowest BCUT2D eigenvalue weighted by molar-refractivity contribution is 0.126. The summed E-state index contributed by atoms with van der Waals surface area (Å²) >= 11 is 10.1. The van der Waals surface area contributed by atoms with Crippen LogP contribution in [0.2, 0.25) is 0 Å². The zero-order chi connectivity index (χ0) is 6.78. The van der Waals surface area contributed by atoms with Gasteiger partial charge < -0.3 is 0 Å². The first-order valence-corrected chi connectivity index (χ1v) is 2.92. The Labute approximate surface area is 56.8 Å². The predicted molar refractivity (Wildman–Crippen MR) is 30.7 cm³/mol. The highest BCUT2D eigenvalue weighted by atomic mass is 35.5. The molecule has 0 aromatic rings. The number of hydrogen-bond donors (Lipinski definition) is 0. The number of halogens is 4. The van der Waals surface area contributed by atoms with E-state index in [4.69, 9.17) is 23.2 Å². The Morgan fingerprint density at radius 2 is 1.88 bits per heavy atom. The number of rotatable bonds is 2. The molecule has 0 aliphatic carbocycles. The molecule has 0 atom stereocenters. The largest absolute Gasteiger partial charge is 0.271 e. The molecule has 0 spiro atoms. The monoisotopic (exact) mass is 162 g/mol. The Hall–Kier alpha value is 0.440. The Morgan fingerprint density at radius 1 is 1.50 bits per heavy atom. The first-order chi connectivity index (χ1) is 3.50. The molecule has 0 bridgehead atoms. The molecular weight excluding hydrogens is 157 g/mol. The smallest absolute Gasteiger partial charge is 0.207 e. The van der Waals surface area contributed by atoms with E-state index in [0.717, 1.165) is 0 Å². The lowest BCUT2D eigenvalue weighted by Gasteiger charge is -2.14. The van der Waals surface area contributed by atoms with Gasteiger partial charge in [-0.1, -0.05) is 30.1 Å². The Balaban J connectivity index is 3.71. The van der Waals surface area contributed by atoms with Crippen LogP contribution in [-0.4, -0.2) is 10.8 Å². The summed E-state index contributed by atoms with van der Waals surface area (Å²) in [4.78, 5) is 0. The summed E-state index contributed by atoms with van der Waals surface area (Å²) in [6.07, 6.45) is -2.59. The Morgan fingerprint density at radius 3 is 1.88 bits per heavy atom. The average Bonchev–Trinajstić information content (AvgIpc) is 1.67. The zero-order valence-corrected chi connectivity index (χ0v) is 5.81. The zero-order valence-electron chi connectivity index (χ0n) is 4.30. The predicted octanol–water partition coefficient (Wildman–Crippen LogP) is 2.84.